The lowest BCUT2D eigenvalue weighted by Gasteiger charge is -2.30. The molecule has 0 heterocycles. The van der Waals surface area contributed by atoms with Gasteiger partial charge in [-0.3, -0.25) is 10.1 Å². The highest BCUT2D eigenvalue weighted by molar-refractivity contribution is 8.00. The summed E-state index contributed by atoms with van der Waals surface area (Å²) in [7, 11) is 0. The first kappa shape index (κ1) is 16.0. The second-order valence-electron chi connectivity index (χ2n) is 4.62. The molecule has 0 aliphatic rings. The Balaban J connectivity index is 2.51. The van der Waals surface area contributed by atoms with Gasteiger partial charge < -0.3 is 5.32 Å². The fraction of sp³-hybridized carbons (Fsp3) is 0.571. The molecule has 0 unspecified atom stereocenters. The molecule has 0 aromatic heterocycles. The Labute approximate surface area is 119 Å². The predicted octanol–water partition coefficient (Wildman–Crippen LogP) is 3.61. The monoisotopic (exact) mass is 282 g/mol. The van der Waals surface area contributed by atoms with Gasteiger partial charge >= 0.3 is 0 Å². The number of nitrogens with one attached hydrogen (secondary N) is 1. The molecule has 0 aliphatic heterocycles. The molecule has 0 fully saturated rings. The van der Waals surface area contributed by atoms with Gasteiger partial charge in [0, 0.05) is 30.0 Å². The predicted molar refractivity (Wildman–Crippen MR) is 81.6 cm³/mol. The van der Waals surface area contributed by atoms with Crippen molar-refractivity contribution in [1.82, 2.24) is 5.32 Å². The van der Waals surface area contributed by atoms with E-state index in [2.05, 4.69) is 25.4 Å². The lowest BCUT2D eigenvalue weighted by atomic mass is 10.0. The normalized spacial score (nSPS) is 11.5. The lowest BCUT2D eigenvalue weighted by molar-refractivity contribution is -0.384. The van der Waals surface area contributed by atoms with Gasteiger partial charge in [0.15, 0.2) is 0 Å². The zero-order valence-electron chi connectivity index (χ0n) is 11.8. The van der Waals surface area contributed by atoms with Gasteiger partial charge in [0.25, 0.3) is 5.69 Å². The zero-order chi connectivity index (χ0) is 14.3. The fourth-order valence-electron chi connectivity index (χ4n) is 2.03. The number of benzene rings is 1. The summed E-state index contributed by atoms with van der Waals surface area (Å²) in [4.78, 5) is 10.2. The number of hydrogen-bond acceptors (Lipinski definition) is 4. The summed E-state index contributed by atoms with van der Waals surface area (Å²) in [5.74, 6) is 0. The molecular formula is C14H22N2O2S. The Morgan fingerprint density at radius 2 is 1.84 bits per heavy atom. The van der Waals surface area contributed by atoms with Crippen molar-refractivity contribution < 1.29 is 4.92 Å². The largest absolute Gasteiger partial charge is 0.311 e. The number of non-ortho nitro benzene ring substituents is 1. The molecule has 5 heteroatoms. The molecule has 0 radical (unpaired) electrons. The van der Waals surface area contributed by atoms with E-state index in [0.29, 0.717) is 4.75 Å². The second-order valence-corrected chi connectivity index (χ2v) is 5.90. The van der Waals surface area contributed by atoms with Crippen LogP contribution in [0.1, 0.15) is 32.3 Å². The van der Waals surface area contributed by atoms with E-state index in [9.17, 15) is 10.1 Å². The van der Waals surface area contributed by atoms with Crippen LogP contribution < -0.4 is 5.32 Å². The summed E-state index contributed by atoms with van der Waals surface area (Å²) < 4.78 is 0.292. The molecule has 0 saturated heterocycles. The summed E-state index contributed by atoms with van der Waals surface area (Å²) in [6, 6.07) is 6.73. The van der Waals surface area contributed by atoms with Gasteiger partial charge in [0.1, 0.15) is 0 Å². The van der Waals surface area contributed by atoms with Crippen LogP contribution >= 0.6 is 11.8 Å². The van der Waals surface area contributed by atoms with E-state index in [1.165, 1.54) is 0 Å². The van der Waals surface area contributed by atoms with Gasteiger partial charge in [-0.05, 0) is 24.7 Å². The Kier molecular flexibility index (Phi) is 6.31. The maximum absolute atomic E-state index is 10.6. The van der Waals surface area contributed by atoms with Gasteiger partial charge in [0.05, 0.1) is 4.92 Å². The average molecular weight is 282 g/mol. The number of nitro groups is 1. The first-order valence-corrected chi connectivity index (χ1v) is 7.78. The van der Waals surface area contributed by atoms with Gasteiger partial charge in [0.2, 0.25) is 0 Å². The standard InChI is InChI=1S/C14H22N2O2S/c1-4-14(5-2,19-3)11-15-10-12-6-8-13(9-7-12)16(17)18/h6-9,15H,4-5,10-11H2,1-3H3. The van der Waals surface area contributed by atoms with Crippen LogP contribution in [0.15, 0.2) is 24.3 Å². The molecule has 0 spiro atoms. The van der Waals surface area contributed by atoms with E-state index in [0.717, 1.165) is 31.5 Å². The Morgan fingerprint density at radius 3 is 2.26 bits per heavy atom. The third kappa shape index (κ3) is 4.51. The summed E-state index contributed by atoms with van der Waals surface area (Å²) in [6.45, 7) is 6.14. The quantitative estimate of drug-likeness (QED) is 0.584. The molecule has 0 aliphatic carbocycles. The Bertz CT molecular complexity index is 394. The molecule has 0 atom stereocenters. The molecule has 19 heavy (non-hydrogen) atoms. The highest BCUT2D eigenvalue weighted by Crippen LogP contribution is 2.29. The van der Waals surface area contributed by atoms with E-state index in [-0.39, 0.29) is 10.6 Å². The van der Waals surface area contributed by atoms with Crippen molar-refractivity contribution >= 4 is 17.4 Å². The molecule has 1 aromatic carbocycles. The van der Waals surface area contributed by atoms with Crippen molar-refractivity contribution in [2.45, 2.75) is 38.0 Å². The van der Waals surface area contributed by atoms with Crippen LogP contribution in [0.5, 0.6) is 0 Å². The summed E-state index contributed by atoms with van der Waals surface area (Å²) in [5.41, 5.74) is 1.22. The minimum atomic E-state index is -0.371. The van der Waals surface area contributed by atoms with Crippen molar-refractivity contribution in [1.29, 1.82) is 0 Å². The molecule has 1 N–H and O–H groups in total. The number of rotatable bonds is 8. The summed E-state index contributed by atoms with van der Waals surface area (Å²) in [6.07, 6.45) is 4.43. The van der Waals surface area contributed by atoms with Crippen molar-refractivity contribution in [3.05, 3.63) is 39.9 Å². The highest BCUT2D eigenvalue weighted by Gasteiger charge is 2.23. The zero-order valence-corrected chi connectivity index (χ0v) is 12.6. The van der Waals surface area contributed by atoms with Gasteiger partial charge in [-0.15, -0.1) is 0 Å². The first-order chi connectivity index (χ1) is 9.06. The smallest absolute Gasteiger partial charge is 0.269 e. The molecule has 106 valence electrons. The highest BCUT2D eigenvalue weighted by atomic mass is 32.2. The fourth-order valence-corrected chi connectivity index (χ4v) is 2.85. The van der Waals surface area contributed by atoms with Crippen LogP contribution in [0, 0.1) is 10.1 Å². The number of nitro benzene ring substituents is 1. The maximum atomic E-state index is 10.6. The minimum absolute atomic E-state index is 0.143. The molecule has 1 rings (SSSR count). The second kappa shape index (κ2) is 7.50. The van der Waals surface area contributed by atoms with Crippen molar-refractivity contribution in [3.63, 3.8) is 0 Å². The molecule has 1 aromatic rings. The average Bonchev–Trinajstić information content (AvgIpc) is 2.45. The van der Waals surface area contributed by atoms with Crippen LogP contribution in [0.2, 0.25) is 0 Å². The van der Waals surface area contributed by atoms with Gasteiger partial charge in [-0.2, -0.15) is 11.8 Å². The van der Waals surface area contributed by atoms with Gasteiger partial charge in [-0.25, -0.2) is 0 Å². The third-order valence-electron chi connectivity index (χ3n) is 3.65. The van der Waals surface area contributed by atoms with E-state index in [4.69, 9.17) is 0 Å². The maximum Gasteiger partial charge on any atom is 0.269 e. The molecule has 0 amide bonds. The van der Waals surface area contributed by atoms with Crippen molar-refractivity contribution in [2.75, 3.05) is 12.8 Å². The molecular weight excluding hydrogens is 260 g/mol. The topological polar surface area (TPSA) is 55.2 Å². The molecule has 0 saturated carbocycles. The number of nitrogens with zero attached hydrogens (tertiary/aromatic N) is 1. The van der Waals surface area contributed by atoms with E-state index < -0.39 is 0 Å². The van der Waals surface area contributed by atoms with Crippen LogP contribution in [-0.4, -0.2) is 22.5 Å². The van der Waals surface area contributed by atoms with Crippen molar-refractivity contribution in [2.24, 2.45) is 0 Å². The van der Waals surface area contributed by atoms with Crippen molar-refractivity contribution in [3.8, 4) is 0 Å². The number of thioether (sulfide) groups is 1. The SMILES string of the molecule is CCC(CC)(CNCc1ccc([N+](=O)[O-])cc1)SC. The third-order valence-corrected chi connectivity index (χ3v) is 5.23. The Morgan fingerprint density at radius 1 is 1.26 bits per heavy atom. The van der Waals surface area contributed by atoms with E-state index in [1.54, 1.807) is 12.1 Å². The van der Waals surface area contributed by atoms with Crippen LogP contribution in [0.25, 0.3) is 0 Å². The van der Waals surface area contributed by atoms with Crippen LogP contribution in [0.3, 0.4) is 0 Å². The molecule has 4 nitrogen and oxygen atoms in total. The van der Waals surface area contributed by atoms with E-state index >= 15 is 0 Å². The first-order valence-electron chi connectivity index (χ1n) is 6.56. The molecule has 0 bridgehead atoms. The van der Waals surface area contributed by atoms with Gasteiger partial charge in [-0.1, -0.05) is 26.0 Å². The Hall–Kier alpha value is -1.07. The summed E-state index contributed by atoms with van der Waals surface area (Å²) >= 11 is 1.91. The lowest BCUT2D eigenvalue weighted by Crippen LogP contribution is -2.36. The summed E-state index contributed by atoms with van der Waals surface area (Å²) in [5, 5.41) is 14.0. The van der Waals surface area contributed by atoms with Crippen LogP contribution in [-0.2, 0) is 6.54 Å². The minimum Gasteiger partial charge on any atom is -0.311 e. The van der Waals surface area contributed by atoms with Crippen LogP contribution in [0.4, 0.5) is 5.69 Å². The van der Waals surface area contributed by atoms with E-state index in [1.807, 2.05) is 23.9 Å². The number of hydrogen-bond donors (Lipinski definition) is 1.